The third-order valence-electron chi connectivity index (χ3n) is 4.92. The molecule has 31 heavy (non-hydrogen) atoms. The van der Waals surface area contributed by atoms with Crippen LogP contribution in [0, 0.1) is 11.6 Å². The lowest BCUT2D eigenvalue weighted by Crippen LogP contribution is -2.34. The molecule has 4 rings (SSSR count). The van der Waals surface area contributed by atoms with Crippen LogP contribution >= 0.6 is 0 Å². The molecule has 0 fully saturated rings. The molecule has 4 aromatic rings. The van der Waals surface area contributed by atoms with Crippen molar-refractivity contribution >= 4 is 16.9 Å². The lowest BCUT2D eigenvalue weighted by molar-refractivity contribution is 0.0935. The topological polar surface area (TPSA) is 84.2 Å². The number of hydrogen-bond acceptors (Lipinski definition) is 4. The van der Waals surface area contributed by atoms with E-state index >= 15 is 0 Å². The number of rotatable bonds is 4. The molecular formula is C23H17F2N3O3. The van der Waals surface area contributed by atoms with Crippen molar-refractivity contribution in [1.82, 2.24) is 14.9 Å². The van der Waals surface area contributed by atoms with Crippen molar-refractivity contribution in [2.24, 2.45) is 0 Å². The molecular weight excluding hydrogens is 404 g/mol. The van der Waals surface area contributed by atoms with Gasteiger partial charge in [-0.1, -0.05) is 18.2 Å². The van der Waals surface area contributed by atoms with Gasteiger partial charge < -0.3 is 10.4 Å². The zero-order chi connectivity index (χ0) is 22.1. The van der Waals surface area contributed by atoms with Crippen LogP contribution < -0.4 is 10.9 Å². The van der Waals surface area contributed by atoms with E-state index < -0.39 is 40.5 Å². The Labute approximate surface area is 175 Å². The van der Waals surface area contributed by atoms with Crippen LogP contribution in [0.1, 0.15) is 28.9 Å². The van der Waals surface area contributed by atoms with E-state index in [9.17, 15) is 23.5 Å². The Morgan fingerprint density at radius 3 is 2.52 bits per heavy atom. The molecule has 1 unspecified atom stereocenters. The first-order valence-electron chi connectivity index (χ1n) is 9.42. The van der Waals surface area contributed by atoms with Gasteiger partial charge in [-0.15, -0.1) is 0 Å². The van der Waals surface area contributed by atoms with E-state index in [2.05, 4.69) is 10.3 Å². The Morgan fingerprint density at radius 1 is 1.06 bits per heavy atom. The minimum Gasteiger partial charge on any atom is -0.506 e. The van der Waals surface area contributed by atoms with Crippen LogP contribution in [0.3, 0.4) is 0 Å². The van der Waals surface area contributed by atoms with E-state index in [1.165, 1.54) is 54.7 Å². The van der Waals surface area contributed by atoms with Crippen molar-refractivity contribution in [2.45, 2.75) is 13.0 Å². The summed E-state index contributed by atoms with van der Waals surface area (Å²) in [7, 11) is 0. The lowest BCUT2D eigenvalue weighted by atomic mass is 10.1. The number of amides is 1. The fraction of sp³-hybridized carbons (Fsp3) is 0.0870. The average Bonchev–Trinajstić information content (AvgIpc) is 2.74. The van der Waals surface area contributed by atoms with E-state index in [1.807, 2.05) is 0 Å². The zero-order valence-corrected chi connectivity index (χ0v) is 16.3. The molecule has 8 heteroatoms. The van der Waals surface area contributed by atoms with Crippen molar-refractivity contribution in [3.8, 4) is 11.4 Å². The van der Waals surface area contributed by atoms with Crippen LogP contribution in [-0.4, -0.2) is 20.6 Å². The number of nitrogens with one attached hydrogen (secondary N) is 1. The van der Waals surface area contributed by atoms with Crippen molar-refractivity contribution in [1.29, 1.82) is 0 Å². The highest BCUT2D eigenvalue weighted by molar-refractivity contribution is 6.02. The maximum Gasteiger partial charge on any atom is 0.273 e. The van der Waals surface area contributed by atoms with Gasteiger partial charge in [0.2, 0.25) is 0 Å². The third kappa shape index (κ3) is 3.75. The van der Waals surface area contributed by atoms with Crippen LogP contribution in [0.15, 0.2) is 71.7 Å². The summed E-state index contributed by atoms with van der Waals surface area (Å²) in [5.74, 6) is -2.34. The van der Waals surface area contributed by atoms with Gasteiger partial charge in [-0.25, -0.2) is 13.8 Å². The van der Waals surface area contributed by atoms with E-state index in [1.54, 1.807) is 13.0 Å². The molecule has 0 bridgehead atoms. The molecule has 0 saturated carbocycles. The van der Waals surface area contributed by atoms with E-state index in [0.29, 0.717) is 5.56 Å². The predicted molar refractivity (Wildman–Crippen MR) is 111 cm³/mol. The number of nitrogens with zero attached hydrogens (tertiary/aromatic N) is 2. The summed E-state index contributed by atoms with van der Waals surface area (Å²) in [5.41, 5.74) is -0.493. The molecule has 0 spiro atoms. The van der Waals surface area contributed by atoms with E-state index in [4.69, 9.17) is 0 Å². The number of halogens is 2. The Kier molecular flexibility index (Phi) is 5.21. The monoisotopic (exact) mass is 421 g/mol. The minimum absolute atomic E-state index is 0.0822. The van der Waals surface area contributed by atoms with Gasteiger partial charge in [0.25, 0.3) is 11.5 Å². The van der Waals surface area contributed by atoms with Gasteiger partial charge >= 0.3 is 0 Å². The first-order chi connectivity index (χ1) is 14.9. The molecule has 156 valence electrons. The van der Waals surface area contributed by atoms with Gasteiger partial charge in [0.15, 0.2) is 5.65 Å². The summed E-state index contributed by atoms with van der Waals surface area (Å²) in [6.07, 6.45) is 1.42. The molecule has 2 heterocycles. The molecule has 1 amide bonds. The summed E-state index contributed by atoms with van der Waals surface area (Å²) in [6.45, 7) is 1.66. The van der Waals surface area contributed by atoms with Crippen LogP contribution in [0.5, 0.6) is 5.75 Å². The number of carbonyl (C=O) groups excluding carboxylic acids is 1. The molecule has 0 aliphatic heterocycles. The van der Waals surface area contributed by atoms with E-state index in [0.717, 1.165) is 10.6 Å². The molecule has 2 N–H and O–H groups in total. The fourth-order valence-corrected chi connectivity index (χ4v) is 3.37. The van der Waals surface area contributed by atoms with Gasteiger partial charge in [0.05, 0.1) is 17.1 Å². The first kappa shape index (κ1) is 20.2. The van der Waals surface area contributed by atoms with Crippen LogP contribution in [0.4, 0.5) is 8.78 Å². The van der Waals surface area contributed by atoms with Crippen LogP contribution in [0.25, 0.3) is 16.7 Å². The first-order valence-corrected chi connectivity index (χ1v) is 9.42. The number of carbonyl (C=O) groups is 1. The molecule has 2 aromatic heterocycles. The van der Waals surface area contributed by atoms with Crippen molar-refractivity contribution in [3.63, 3.8) is 0 Å². The number of fused-ring (bicyclic) bond motifs is 1. The SMILES string of the molecule is CC(NC(=O)c1c(O)c2cccnc2n(-c2cccc(F)c2)c1=O)c1ccc(F)cc1. The van der Waals surface area contributed by atoms with Crippen molar-refractivity contribution in [3.05, 3.63) is 100.0 Å². The fourth-order valence-electron chi connectivity index (χ4n) is 3.37. The Hall–Kier alpha value is -4.07. The largest absolute Gasteiger partial charge is 0.506 e. The maximum atomic E-state index is 13.8. The highest BCUT2D eigenvalue weighted by atomic mass is 19.1. The second kappa shape index (κ2) is 7.98. The molecule has 1 atom stereocenters. The normalized spacial score (nSPS) is 12.0. The van der Waals surface area contributed by atoms with Crippen LogP contribution in [0.2, 0.25) is 0 Å². The number of benzene rings is 2. The van der Waals surface area contributed by atoms with Crippen LogP contribution in [-0.2, 0) is 0 Å². The number of aromatic nitrogens is 2. The number of pyridine rings is 2. The van der Waals surface area contributed by atoms with Gasteiger partial charge in [-0.05, 0) is 55.0 Å². The predicted octanol–water partition coefficient (Wildman–Crippen LogP) is 3.86. The Morgan fingerprint density at radius 2 is 1.81 bits per heavy atom. The van der Waals surface area contributed by atoms with E-state index in [-0.39, 0.29) is 16.7 Å². The number of aromatic hydroxyl groups is 1. The van der Waals surface area contributed by atoms with Gasteiger partial charge in [-0.2, -0.15) is 0 Å². The molecule has 2 aromatic carbocycles. The Balaban J connectivity index is 1.85. The smallest absolute Gasteiger partial charge is 0.273 e. The summed E-state index contributed by atoms with van der Waals surface area (Å²) in [4.78, 5) is 30.4. The summed E-state index contributed by atoms with van der Waals surface area (Å²) in [6, 6.07) is 13.3. The number of hydrogen-bond donors (Lipinski definition) is 2. The van der Waals surface area contributed by atoms with Gasteiger partial charge in [0, 0.05) is 6.20 Å². The molecule has 0 aliphatic rings. The highest BCUT2D eigenvalue weighted by Gasteiger charge is 2.25. The molecule has 0 radical (unpaired) electrons. The van der Waals surface area contributed by atoms with Crippen molar-refractivity contribution < 1.29 is 18.7 Å². The average molecular weight is 421 g/mol. The molecule has 0 aliphatic carbocycles. The Bertz CT molecular complexity index is 1350. The zero-order valence-electron chi connectivity index (χ0n) is 16.3. The summed E-state index contributed by atoms with van der Waals surface area (Å²) in [5, 5.41) is 13.5. The summed E-state index contributed by atoms with van der Waals surface area (Å²) >= 11 is 0. The van der Waals surface area contributed by atoms with Gasteiger partial charge in [-0.3, -0.25) is 14.2 Å². The summed E-state index contributed by atoms with van der Waals surface area (Å²) < 4.78 is 28.1. The lowest BCUT2D eigenvalue weighted by Gasteiger charge is -2.17. The molecule has 0 saturated heterocycles. The minimum atomic E-state index is -0.849. The quantitative estimate of drug-likeness (QED) is 0.524. The maximum absolute atomic E-state index is 13.8. The molecule has 6 nitrogen and oxygen atoms in total. The highest BCUT2D eigenvalue weighted by Crippen LogP contribution is 2.27. The third-order valence-corrected chi connectivity index (χ3v) is 4.92. The second-order valence-electron chi connectivity index (χ2n) is 6.97. The van der Waals surface area contributed by atoms with Gasteiger partial charge in [0.1, 0.15) is 22.9 Å². The van der Waals surface area contributed by atoms with Crippen molar-refractivity contribution in [2.75, 3.05) is 0 Å². The standard InChI is InChI=1S/C23H17F2N3O3/c1-13(14-7-9-15(24)10-8-14)27-22(30)19-20(29)18-6-3-11-26-21(18)28(23(19)31)17-5-2-4-16(25)12-17/h2-13,29H,1H3,(H,27,30). The second-order valence-corrected chi connectivity index (χ2v) is 6.97.